The van der Waals surface area contributed by atoms with Gasteiger partial charge >= 0.3 is 4.87 Å². The summed E-state index contributed by atoms with van der Waals surface area (Å²) in [6.07, 6.45) is -0.754. The molecule has 0 bridgehead atoms. The number of ether oxygens (including phenoxy) is 1. The molecule has 2 aromatic carbocycles. The summed E-state index contributed by atoms with van der Waals surface area (Å²) < 4.78 is 21.0. The Hall–Kier alpha value is -2.67. The molecule has 1 N–H and O–H groups in total. The number of carbonyl (C=O) groups is 1. The van der Waals surface area contributed by atoms with Gasteiger partial charge in [0.25, 0.3) is 5.91 Å². The smallest absolute Gasteiger partial charge is 0.308 e. The van der Waals surface area contributed by atoms with E-state index in [1.165, 1.54) is 24.3 Å². The van der Waals surface area contributed by atoms with Gasteiger partial charge in [-0.2, -0.15) is 0 Å². The van der Waals surface area contributed by atoms with Crippen LogP contribution in [0.15, 0.2) is 47.3 Å². The maximum Gasteiger partial charge on any atom is 0.308 e. The lowest BCUT2D eigenvalue weighted by molar-refractivity contribution is -0.122. The largest absolute Gasteiger partial charge is 0.481 e. The predicted molar refractivity (Wildman–Crippen MR) is 102 cm³/mol. The van der Waals surface area contributed by atoms with Crippen molar-refractivity contribution in [1.82, 2.24) is 4.57 Å². The zero-order valence-electron chi connectivity index (χ0n) is 14.7. The highest BCUT2D eigenvalue weighted by molar-refractivity contribution is 7.16. The molecule has 0 saturated heterocycles. The molecule has 0 aliphatic heterocycles. The van der Waals surface area contributed by atoms with Crippen LogP contribution >= 0.6 is 11.3 Å². The first-order valence-electron chi connectivity index (χ1n) is 8.23. The summed E-state index contributed by atoms with van der Waals surface area (Å²) in [5.74, 6) is -0.281. The molecule has 3 rings (SSSR count). The van der Waals surface area contributed by atoms with E-state index < -0.39 is 6.10 Å². The van der Waals surface area contributed by atoms with E-state index in [1.54, 1.807) is 23.6 Å². The number of aromatic nitrogens is 1. The van der Waals surface area contributed by atoms with Crippen molar-refractivity contribution >= 4 is 33.1 Å². The molecule has 7 heteroatoms. The maximum absolute atomic E-state index is 12.9. The van der Waals surface area contributed by atoms with Crippen LogP contribution in [0, 0.1) is 5.82 Å². The lowest BCUT2D eigenvalue weighted by Crippen LogP contribution is -2.30. The first kappa shape index (κ1) is 18.1. The van der Waals surface area contributed by atoms with Crippen molar-refractivity contribution in [2.75, 3.05) is 5.32 Å². The van der Waals surface area contributed by atoms with Gasteiger partial charge in [0.15, 0.2) is 6.10 Å². The number of hydrogen-bond acceptors (Lipinski definition) is 4. The molecule has 0 unspecified atom stereocenters. The fraction of sp³-hybridized carbons (Fsp3) is 0.263. The SMILES string of the molecule is CC(C)n1c(=O)sc2cc(NC(=O)[C@@H](C)Oc3ccc(F)cc3)ccc21. The Balaban J connectivity index is 1.74. The number of thiazole rings is 1. The van der Waals surface area contributed by atoms with Gasteiger partial charge in [0.05, 0.1) is 10.2 Å². The van der Waals surface area contributed by atoms with Crippen molar-refractivity contribution in [3.05, 3.63) is 57.9 Å². The van der Waals surface area contributed by atoms with Crippen LogP contribution < -0.4 is 14.9 Å². The van der Waals surface area contributed by atoms with Crippen LogP contribution in [-0.2, 0) is 4.79 Å². The zero-order chi connectivity index (χ0) is 18.8. The molecule has 1 heterocycles. The average molecular weight is 374 g/mol. The first-order valence-corrected chi connectivity index (χ1v) is 9.05. The van der Waals surface area contributed by atoms with Crippen LogP contribution in [0.5, 0.6) is 5.75 Å². The quantitative estimate of drug-likeness (QED) is 0.728. The summed E-state index contributed by atoms with van der Waals surface area (Å²) in [6, 6.07) is 10.9. The van der Waals surface area contributed by atoms with Crippen molar-refractivity contribution in [2.45, 2.75) is 32.9 Å². The van der Waals surface area contributed by atoms with Gasteiger partial charge in [0, 0.05) is 11.7 Å². The predicted octanol–water partition coefficient (Wildman–Crippen LogP) is 4.19. The highest BCUT2D eigenvalue weighted by atomic mass is 32.1. The van der Waals surface area contributed by atoms with Crippen LogP contribution in [0.2, 0.25) is 0 Å². The third kappa shape index (κ3) is 3.77. The molecule has 3 aromatic rings. The lowest BCUT2D eigenvalue weighted by Gasteiger charge is -2.15. The fourth-order valence-electron chi connectivity index (χ4n) is 2.62. The molecule has 1 aromatic heterocycles. The number of fused-ring (bicyclic) bond motifs is 1. The molecule has 1 atom stereocenters. The maximum atomic E-state index is 12.9. The molecule has 0 radical (unpaired) electrons. The van der Waals surface area contributed by atoms with E-state index in [0.29, 0.717) is 11.4 Å². The molecular weight excluding hydrogens is 355 g/mol. The number of carbonyl (C=O) groups excluding carboxylic acids is 1. The monoisotopic (exact) mass is 374 g/mol. The van der Waals surface area contributed by atoms with E-state index in [2.05, 4.69) is 5.32 Å². The summed E-state index contributed by atoms with van der Waals surface area (Å²) in [5, 5.41) is 2.78. The summed E-state index contributed by atoms with van der Waals surface area (Å²) >= 11 is 1.15. The standard InChI is InChI=1S/C19H19FN2O3S/c1-11(2)22-16-9-6-14(10-17(16)26-19(22)24)21-18(23)12(3)25-15-7-4-13(20)5-8-15/h4-12H,1-3H3,(H,21,23)/t12-/m1/s1. The molecule has 0 spiro atoms. The Morgan fingerprint density at radius 1 is 1.15 bits per heavy atom. The van der Waals surface area contributed by atoms with E-state index in [9.17, 15) is 14.0 Å². The van der Waals surface area contributed by atoms with E-state index in [1.807, 2.05) is 19.9 Å². The Labute approximate surface area is 154 Å². The van der Waals surface area contributed by atoms with Gasteiger partial charge in [-0.15, -0.1) is 0 Å². The van der Waals surface area contributed by atoms with Crippen LogP contribution in [0.4, 0.5) is 10.1 Å². The number of nitrogens with zero attached hydrogens (tertiary/aromatic N) is 1. The summed E-state index contributed by atoms with van der Waals surface area (Å²) in [6.45, 7) is 5.53. The minimum Gasteiger partial charge on any atom is -0.481 e. The van der Waals surface area contributed by atoms with Crippen molar-refractivity contribution in [2.24, 2.45) is 0 Å². The molecule has 0 fully saturated rings. The Kier molecular flexibility index (Phi) is 5.08. The van der Waals surface area contributed by atoms with Crippen LogP contribution in [0.3, 0.4) is 0 Å². The number of anilines is 1. The van der Waals surface area contributed by atoms with E-state index in [-0.39, 0.29) is 22.6 Å². The number of nitrogens with one attached hydrogen (secondary N) is 1. The van der Waals surface area contributed by atoms with Crippen molar-refractivity contribution in [1.29, 1.82) is 0 Å². The molecule has 0 saturated carbocycles. The minimum atomic E-state index is -0.754. The topological polar surface area (TPSA) is 60.3 Å². The van der Waals surface area contributed by atoms with E-state index >= 15 is 0 Å². The lowest BCUT2D eigenvalue weighted by atomic mass is 10.2. The number of hydrogen-bond donors (Lipinski definition) is 1. The second-order valence-corrected chi connectivity index (χ2v) is 7.21. The van der Waals surface area contributed by atoms with Crippen molar-refractivity contribution in [3.8, 4) is 5.75 Å². The first-order chi connectivity index (χ1) is 12.3. The molecule has 26 heavy (non-hydrogen) atoms. The van der Waals surface area contributed by atoms with Gasteiger partial charge in [-0.25, -0.2) is 4.39 Å². The van der Waals surface area contributed by atoms with E-state index in [0.717, 1.165) is 21.6 Å². The second kappa shape index (κ2) is 7.29. The molecule has 136 valence electrons. The molecule has 1 amide bonds. The third-order valence-corrected chi connectivity index (χ3v) is 4.81. The van der Waals surface area contributed by atoms with Gasteiger partial charge in [-0.1, -0.05) is 11.3 Å². The Morgan fingerprint density at radius 3 is 2.50 bits per heavy atom. The van der Waals surface area contributed by atoms with Gasteiger partial charge < -0.3 is 10.1 Å². The number of halogens is 1. The number of amides is 1. The molecule has 5 nitrogen and oxygen atoms in total. The van der Waals surface area contributed by atoms with Gasteiger partial charge in [0.2, 0.25) is 0 Å². The second-order valence-electron chi connectivity index (χ2n) is 6.22. The normalized spacial score (nSPS) is 12.3. The average Bonchev–Trinajstić information content (AvgIpc) is 2.92. The zero-order valence-corrected chi connectivity index (χ0v) is 15.5. The minimum absolute atomic E-state index is 0.0218. The van der Waals surface area contributed by atoms with Crippen LogP contribution in [0.25, 0.3) is 10.2 Å². The molecule has 0 aliphatic rings. The van der Waals surface area contributed by atoms with Crippen LogP contribution in [0.1, 0.15) is 26.8 Å². The van der Waals surface area contributed by atoms with Crippen molar-refractivity contribution < 1.29 is 13.9 Å². The fourth-order valence-corrected chi connectivity index (χ4v) is 3.67. The third-order valence-electron chi connectivity index (χ3n) is 3.89. The summed E-state index contributed by atoms with van der Waals surface area (Å²) in [7, 11) is 0. The van der Waals surface area contributed by atoms with E-state index in [4.69, 9.17) is 4.74 Å². The summed E-state index contributed by atoms with van der Waals surface area (Å²) in [4.78, 5) is 24.4. The number of rotatable bonds is 5. The van der Waals surface area contributed by atoms with Gasteiger partial charge in [-0.05, 0) is 63.2 Å². The highest BCUT2D eigenvalue weighted by Crippen LogP contribution is 2.24. The Morgan fingerprint density at radius 2 is 1.85 bits per heavy atom. The number of benzene rings is 2. The Bertz CT molecular complexity index is 992. The van der Waals surface area contributed by atoms with Gasteiger partial charge in [0.1, 0.15) is 11.6 Å². The highest BCUT2D eigenvalue weighted by Gasteiger charge is 2.16. The van der Waals surface area contributed by atoms with Gasteiger partial charge in [-0.3, -0.25) is 14.2 Å². The van der Waals surface area contributed by atoms with Crippen LogP contribution in [-0.4, -0.2) is 16.6 Å². The molecule has 0 aliphatic carbocycles. The summed E-state index contributed by atoms with van der Waals surface area (Å²) in [5.41, 5.74) is 1.44. The van der Waals surface area contributed by atoms with Crippen molar-refractivity contribution in [3.63, 3.8) is 0 Å². The molecular formula is C19H19FN2O3S.